The summed E-state index contributed by atoms with van der Waals surface area (Å²) in [5.74, 6) is 0. The summed E-state index contributed by atoms with van der Waals surface area (Å²) < 4.78 is 0. The van der Waals surface area contributed by atoms with Crippen molar-refractivity contribution < 1.29 is 0 Å². The van der Waals surface area contributed by atoms with E-state index in [9.17, 15) is 0 Å². The molecule has 0 radical (unpaired) electrons. The summed E-state index contributed by atoms with van der Waals surface area (Å²) in [6.07, 6.45) is 0.987. The molecule has 48 valence electrons. The Kier molecular flexibility index (Phi) is 3.44. The Labute approximate surface area is 50.8 Å². The van der Waals surface area contributed by atoms with Crippen LogP contribution in [0, 0.1) is 0 Å². The first-order valence-corrected chi connectivity index (χ1v) is 2.93. The molecule has 2 nitrogen and oxygen atoms in total. The molecule has 0 aromatic heterocycles. The minimum Gasteiger partial charge on any atom is -0.326 e. The van der Waals surface area contributed by atoms with Crippen LogP contribution in [0.3, 0.4) is 0 Å². The van der Waals surface area contributed by atoms with E-state index < -0.39 is 0 Å². The van der Waals surface area contributed by atoms with Gasteiger partial charge in [-0.3, -0.25) is 4.99 Å². The van der Waals surface area contributed by atoms with Gasteiger partial charge in [0, 0.05) is 6.04 Å². The topological polar surface area (TPSA) is 38.4 Å². The van der Waals surface area contributed by atoms with Crippen LogP contribution in [0.25, 0.3) is 0 Å². The predicted octanol–water partition coefficient (Wildman–Crippen LogP) is 0.813. The van der Waals surface area contributed by atoms with Crippen molar-refractivity contribution in [2.75, 3.05) is 0 Å². The smallest absolute Gasteiger partial charge is 0.0637 e. The van der Waals surface area contributed by atoms with E-state index in [0.29, 0.717) is 0 Å². The van der Waals surface area contributed by atoms with Gasteiger partial charge in [-0.2, -0.15) is 0 Å². The molecule has 2 atom stereocenters. The maximum atomic E-state index is 5.52. The molecule has 0 aromatic rings. The Hall–Kier alpha value is -0.370. The standard InChI is InChI=1S/C6H14N2/c1-4-6(8-3)5(2)7/h5-6H,3-4,7H2,1-2H3/t5-,6?/m0/s1. The first-order valence-electron chi connectivity index (χ1n) is 2.93. The van der Waals surface area contributed by atoms with Crippen molar-refractivity contribution in [3.8, 4) is 0 Å². The third kappa shape index (κ3) is 2.07. The summed E-state index contributed by atoms with van der Waals surface area (Å²) in [6, 6.07) is 0.396. The summed E-state index contributed by atoms with van der Waals surface area (Å²) in [5.41, 5.74) is 5.52. The first-order chi connectivity index (χ1) is 3.72. The van der Waals surface area contributed by atoms with Gasteiger partial charge in [0.2, 0.25) is 0 Å². The molecule has 2 N–H and O–H groups in total. The van der Waals surface area contributed by atoms with E-state index in [1.807, 2.05) is 6.92 Å². The average molecular weight is 114 g/mol. The first kappa shape index (κ1) is 7.63. The van der Waals surface area contributed by atoms with Crippen LogP contribution >= 0.6 is 0 Å². The molecule has 2 heteroatoms. The van der Waals surface area contributed by atoms with Gasteiger partial charge in [-0.15, -0.1) is 0 Å². The van der Waals surface area contributed by atoms with E-state index >= 15 is 0 Å². The Balaban J connectivity index is 3.51. The molecule has 0 saturated heterocycles. The zero-order valence-electron chi connectivity index (χ0n) is 5.59. The average Bonchev–Trinajstić information content (AvgIpc) is 1.69. The van der Waals surface area contributed by atoms with E-state index in [2.05, 4.69) is 18.6 Å². The van der Waals surface area contributed by atoms with Crippen LogP contribution in [-0.4, -0.2) is 18.8 Å². The van der Waals surface area contributed by atoms with Gasteiger partial charge in [0.15, 0.2) is 0 Å². The minimum absolute atomic E-state index is 0.150. The Morgan fingerprint density at radius 3 is 2.25 bits per heavy atom. The number of aliphatic imine (C=N–C) groups is 1. The largest absolute Gasteiger partial charge is 0.326 e. The van der Waals surface area contributed by atoms with Crippen molar-refractivity contribution in [2.45, 2.75) is 32.4 Å². The summed E-state index contributed by atoms with van der Waals surface area (Å²) in [5, 5.41) is 0. The number of hydrogen-bond donors (Lipinski definition) is 1. The van der Waals surface area contributed by atoms with Gasteiger partial charge in [0.05, 0.1) is 6.04 Å². The van der Waals surface area contributed by atoms with Gasteiger partial charge in [0.1, 0.15) is 0 Å². The fraction of sp³-hybridized carbons (Fsp3) is 0.833. The summed E-state index contributed by atoms with van der Waals surface area (Å²) >= 11 is 0. The van der Waals surface area contributed by atoms with Crippen molar-refractivity contribution in [3.05, 3.63) is 0 Å². The third-order valence-corrected chi connectivity index (χ3v) is 1.26. The van der Waals surface area contributed by atoms with Gasteiger partial charge < -0.3 is 5.73 Å². The summed E-state index contributed by atoms with van der Waals surface area (Å²) in [4.78, 5) is 3.83. The number of nitrogens with zero attached hydrogens (tertiary/aromatic N) is 1. The van der Waals surface area contributed by atoms with Crippen LogP contribution in [0.1, 0.15) is 20.3 Å². The third-order valence-electron chi connectivity index (χ3n) is 1.26. The Morgan fingerprint density at radius 2 is 2.25 bits per heavy atom. The van der Waals surface area contributed by atoms with Crippen molar-refractivity contribution in [3.63, 3.8) is 0 Å². The van der Waals surface area contributed by atoms with Crippen LogP contribution in [0.5, 0.6) is 0 Å². The van der Waals surface area contributed by atoms with Crippen molar-refractivity contribution in [1.29, 1.82) is 0 Å². The lowest BCUT2D eigenvalue weighted by molar-refractivity contribution is 0.551. The highest BCUT2D eigenvalue weighted by molar-refractivity contribution is 5.24. The van der Waals surface area contributed by atoms with Gasteiger partial charge in [-0.1, -0.05) is 6.92 Å². The molecule has 0 bridgehead atoms. The molecular formula is C6H14N2. The van der Waals surface area contributed by atoms with E-state index in [0.717, 1.165) is 6.42 Å². The molecule has 0 aliphatic rings. The molecule has 0 rings (SSSR count). The normalized spacial score (nSPS) is 17.4. The molecule has 0 amide bonds. The lowest BCUT2D eigenvalue weighted by Gasteiger charge is -2.11. The van der Waals surface area contributed by atoms with Gasteiger partial charge in [0.25, 0.3) is 0 Å². The highest BCUT2D eigenvalue weighted by Crippen LogP contribution is 1.98. The number of hydrogen-bond acceptors (Lipinski definition) is 2. The van der Waals surface area contributed by atoms with Crippen LogP contribution in [-0.2, 0) is 0 Å². The maximum Gasteiger partial charge on any atom is 0.0637 e. The maximum absolute atomic E-state index is 5.52. The molecule has 0 fully saturated rings. The van der Waals surface area contributed by atoms with Crippen LogP contribution in [0.2, 0.25) is 0 Å². The zero-order valence-corrected chi connectivity index (χ0v) is 5.59. The SMILES string of the molecule is C=NC(CC)[C@H](C)N. The number of nitrogens with two attached hydrogens (primary N) is 1. The van der Waals surface area contributed by atoms with Crippen LogP contribution in [0.4, 0.5) is 0 Å². The van der Waals surface area contributed by atoms with E-state index in [-0.39, 0.29) is 12.1 Å². The van der Waals surface area contributed by atoms with Crippen LogP contribution in [0.15, 0.2) is 4.99 Å². The molecule has 0 saturated carbocycles. The van der Waals surface area contributed by atoms with Crippen LogP contribution < -0.4 is 5.73 Å². The lowest BCUT2D eigenvalue weighted by atomic mass is 10.1. The summed E-state index contributed by atoms with van der Waals surface area (Å²) in [7, 11) is 0. The van der Waals surface area contributed by atoms with E-state index in [1.54, 1.807) is 0 Å². The Bertz CT molecular complexity index is 68.9. The highest BCUT2D eigenvalue weighted by atomic mass is 14.8. The second-order valence-corrected chi connectivity index (χ2v) is 2.02. The fourth-order valence-corrected chi connectivity index (χ4v) is 0.667. The Morgan fingerprint density at radius 1 is 1.75 bits per heavy atom. The molecular weight excluding hydrogens is 100 g/mol. The monoisotopic (exact) mass is 114 g/mol. The minimum atomic E-state index is 0.150. The summed E-state index contributed by atoms with van der Waals surface area (Å²) in [6.45, 7) is 7.43. The molecule has 8 heavy (non-hydrogen) atoms. The van der Waals surface area contributed by atoms with Gasteiger partial charge in [-0.05, 0) is 20.1 Å². The van der Waals surface area contributed by atoms with E-state index in [4.69, 9.17) is 5.73 Å². The van der Waals surface area contributed by atoms with E-state index in [1.165, 1.54) is 0 Å². The molecule has 1 unspecified atom stereocenters. The molecule has 0 aliphatic heterocycles. The van der Waals surface area contributed by atoms with Crippen molar-refractivity contribution in [2.24, 2.45) is 10.7 Å². The fourth-order valence-electron chi connectivity index (χ4n) is 0.667. The quantitative estimate of drug-likeness (QED) is 0.542. The van der Waals surface area contributed by atoms with Gasteiger partial charge >= 0.3 is 0 Å². The molecule has 0 aliphatic carbocycles. The van der Waals surface area contributed by atoms with Crippen molar-refractivity contribution in [1.82, 2.24) is 0 Å². The molecule has 0 spiro atoms. The second-order valence-electron chi connectivity index (χ2n) is 2.02. The lowest BCUT2D eigenvalue weighted by Crippen LogP contribution is -2.29. The molecule has 0 aromatic carbocycles. The van der Waals surface area contributed by atoms with Crippen molar-refractivity contribution >= 4 is 6.72 Å². The number of rotatable bonds is 3. The highest BCUT2D eigenvalue weighted by Gasteiger charge is 2.05. The molecule has 0 heterocycles. The second kappa shape index (κ2) is 3.61. The zero-order chi connectivity index (χ0) is 6.57. The predicted molar refractivity (Wildman–Crippen MR) is 37.3 cm³/mol. The van der Waals surface area contributed by atoms with Gasteiger partial charge in [-0.25, -0.2) is 0 Å².